The maximum atomic E-state index is 12.0. The summed E-state index contributed by atoms with van der Waals surface area (Å²) in [7, 11) is 0. The number of aldehydes is 1. The summed E-state index contributed by atoms with van der Waals surface area (Å²) in [5, 5.41) is 0. The highest BCUT2D eigenvalue weighted by molar-refractivity contribution is 5.79. The quantitative estimate of drug-likeness (QED) is 0.436. The zero-order valence-electron chi connectivity index (χ0n) is 12.6. The summed E-state index contributed by atoms with van der Waals surface area (Å²) >= 11 is 0. The van der Waals surface area contributed by atoms with Gasteiger partial charge in [-0.2, -0.15) is 0 Å². The lowest BCUT2D eigenvalue weighted by Crippen LogP contribution is -2.40. The highest BCUT2D eigenvalue weighted by Crippen LogP contribution is 2.24. The first-order valence-electron chi connectivity index (χ1n) is 6.82. The molecule has 1 rings (SSSR count). The Morgan fingerprint density at radius 1 is 1.35 bits per heavy atom. The van der Waals surface area contributed by atoms with Crippen molar-refractivity contribution in [3.63, 3.8) is 0 Å². The summed E-state index contributed by atoms with van der Waals surface area (Å²) in [5.74, 6) is 0.192. The second-order valence-corrected chi connectivity index (χ2v) is 5.24. The minimum absolute atomic E-state index is 0.384. The molecule has 4 heteroatoms. The van der Waals surface area contributed by atoms with Crippen LogP contribution >= 0.6 is 0 Å². The smallest absolute Gasteiger partial charge is 0.349 e. The minimum Gasteiger partial charge on any atom is -0.476 e. The van der Waals surface area contributed by atoms with Crippen molar-refractivity contribution in [1.29, 1.82) is 0 Å². The van der Waals surface area contributed by atoms with Crippen LogP contribution in [0.1, 0.15) is 49.5 Å². The Kier molecular flexibility index (Phi) is 5.74. The molecule has 0 amide bonds. The Morgan fingerprint density at radius 3 is 2.60 bits per heavy atom. The number of hydrogen-bond donors (Lipinski definition) is 0. The molecule has 0 aliphatic rings. The number of unbranched alkanes of at least 4 members (excludes halogenated alkanes) is 1. The van der Waals surface area contributed by atoms with Crippen LogP contribution in [0, 0.1) is 6.92 Å². The molecule has 0 bridgehead atoms. The van der Waals surface area contributed by atoms with E-state index in [0.717, 1.165) is 24.7 Å². The van der Waals surface area contributed by atoms with Crippen LogP contribution < -0.4 is 4.74 Å². The number of hydrogen-bond acceptors (Lipinski definition) is 4. The van der Waals surface area contributed by atoms with Crippen LogP contribution in [0.2, 0.25) is 0 Å². The summed E-state index contributed by atoms with van der Waals surface area (Å²) in [4.78, 5) is 22.7. The predicted molar refractivity (Wildman–Crippen MR) is 77.1 cm³/mol. The average Bonchev–Trinajstić information content (AvgIpc) is 2.41. The summed E-state index contributed by atoms with van der Waals surface area (Å²) in [6.07, 6.45) is 2.59. The first-order valence-corrected chi connectivity index (χ1v) is 6.82. The van der Waals surface area contributed by atoms with E-state index in [4.69, 9.17) is 9.47 Å². The van der Waals surface area contributed by atoms with E-state index < -0.39 is 5.60 Å². The topological polar surface area (TPSA) is 52.6 Å². The van der Waals surface area contributed by atoms with E-state index in [1.165, 1.54) is 0 Å². The van der Waals surface area contributed by atoms with Gasteiger partial charge in [0.2, 0.25) is 0 Å². The van der Waals surface area contributed by atoms with Gasteiger partial charge < -0.3 is 9.47 Å². The molecule has 0 unspecified atom stereocenters. The van der Waals surface area contributed by atoms with Gasteiger partial charge in [0, 0.05) is 5.56 Å². The third-order valence-electron chi connectivity index (χ3n) is 2.92. The van der Waals surface area contributed by atoms with Crippen LogP contribution in [0.3, 0.4) is 0 Å². The number of ether oxygens (including phenoxy) is 2. The Hall–Kier alpha value is -1.84. The van der Waals surface area contributed by atoms with E-state index in [-0.39, 0.29) is 5.97 Å². The Labute approximate surface area is 120 Å². The molecule has 110 valence electrons. The number of benzene rings is 1. The monoisotopic (exact) mass is 278 g/mol. The standard InChI is InChI=1S/C16H22O4/c1-5-6-9-19-15(18)16(3,4)20-14-8-7-13(11-17)10-12(14)2/h7-8,10-11H,5-6,9H2,1-4H3. The Balaban J connectivity index is 2.74. The van der Waals surface area contributed by atoms with Crippen molar-refractivity contribution in [2.24, 2.45) is 0 Å². The van der Waals surface area contributed by atoms with E-state index in [9.17, 15) is 9.59 Å². The fourth-order valence-electron chi connectivity index (χ4n) is 1.66. The van der Waals surface area contributed by atoms with Crippen LogP contribution in [-0.2, 0) is 9.53 Å². The molecule has 0 saturated carbocycles. The van der Waals surface area contributed by atoms with Crippen molar-refractivity contribution in [2.75, 3.05) is 6.61 Å². The molecular weight excluding hydrogens is 256 g/mol. The van der Waals surface area contributed by atoms with Crippen LogP contribution in [0.15, 0.2) is 18.2 Å². The Morgan fingerprint density at radius 2 is 2.05 bits per heavy atom. The van der Waals surface area contributed by atoms with Gasteiger partial charge in [-0.1, -0.05) is 13.3 Å². The van der Waals surface area contributed by atoms with Crippen molar-refractivity contribution in [3.05, 3.63) is 29.3 Å². The predicted octanol–water partition coefficient (Wildman–Crippen LogP) is 3.31. The number of rotatable bonds is 7. The van der Waals surface area contributed by atoms with E-state index in [0.29, 0.717) is 17.9 Å². The van der Waals surface area contributed by atoms with Crippen molar-refractivity contribution < 1.29 is 19.1 Å². The first-order chi connectivity index (χ1) is 9.40. The van der Waals surface area contributed by atoms with Gasteiger partial charge >= 0.3 is 5.97 Å². The molecule has 0 aliphatic heterocycles. The highest BCUT2D eigenvalue weighted by atomic mass is 16.6. The normalized spacial score (nSPS) is 11.0. The zero-order valence-corrected chi connectivity index (χ0v) is 12.6. The van der Waals surface area contributed by atoms with Gasteiger partial charge in [-0.3, -0.25) is 4.79 Å². The van der Waals surface area contributed by atoms with Crippen LogP contribution in [0.4, 0.5) is 0 Å². The maximum Gasteiger partial charge on any atom is 0.349 e. The molecule has 0 aliphatic carbocycles. The van der Waals surface area contributed by atoms with Gasteiger partial charge in [-0.25, -0.2) is 4.79 Å². The lowest BCUT2D eigenvalue weighted by atomic mass is 10.1. The lowest BCUT2D eigenvalue weighted by molar-refractivity contribution is -0.159. The Bertz CT molecular complexity index is 477. The molecule has 0 saturated heterocycles. The average molecular weight is 278 g/mol. The zero-order chi connectivity index (χ0) is 15.2. The third kappa shape index (κ3) is 4.37. The maximum absolute atomic E-state index is 12.0. The molecule has 20 heavy (non-hydrogen) atoms. The van der Waals surface area contributed by atoms with Gasteiger partial charge in [-0.05, 0) is 51.0 Å². The van der Waals surface area contributed by atoms with Crippen molar-refractivity contribution in [1.82, 2.24) is 0 Å². The van der Waals surface area contributed by atoms with Gasteiger partial charge in [-0.15, -0.1) is 0 Å². The molecule has 0 fully saturated rings. The molecule has 1 aromatic carbocycles. The van der Waals surface area contributed by atoms with Crippen LogP contribution in [0.5, 0.6) is 5.75 Å². The van der Waals surface area contributed by atoms with Crippen molar-refractivity contribution in [3.8, 4) is 5.75 Å². The molecule has 0 radical (unpaired) electrons. The van der Waals surface area contributed by atoms with Gasteiger partial charge in [0.05, 0.1) is 6.61 Å². The second-order valence-electron chi connectivity index (χ2n) is 5.24. The van der Waals surface area contributed by atoms with Gasteiger partial charge in [0.25, 0.3) is 0 Å². The molecule has 0 aromatic heterocycles. The summed E-state index contributed by atoms with van der Waals surface area (Å²) in [6.45, 7) is 7.63. The molecule has 1 aromatic rings. The van der Waals surface area contributed by atoms with Gasteiger partial charge in [0.15, 0.2) is 5.60 Å². The fraction of sp³-hybridized carbons (Fsp3) is 0.500. The number of esters is 1. The summed E-state index contributed by atoms with van der Waals surface area (Å²) < 4.78 is 10.9. The van der Waals surface area contributed by atoms with Crippen molar-refractivity contribution >= 4 is 12.3 Å². The fourth-order valence-corrected chi connectivity index (χ4v) is 1.66. The molecule has 0 heterocycles. The molecule has 0 atom stereocenters. The molecule has 4 nitrogen and oxygen atoms in total. The lowest BCUT2D eigenvalue weighted by Gasteiger charge is -2.25. The number of carbonyl (C=O) groups is 2. The minimum atomic E-state index is -1.05. The number of aryl methyl sites for hydroxylation is 1. The molecule has 0 spiro atoms. The molecule has 0 N–H and O–H groups in total. The van der Waals surface area contributed by atoms with Gasteiger partial charge in [0.1, 0.15) is 12.0 Å². The highest BCUT2D eigenvalue weighted by Gasteiger charge is 2.32. The van der Waals surface area contributed by atoms with E-state index in [1.54, 1.807) is 32.0 Å². The second kappa shape index (κ2) is 7.08. The van der Waals surface area contributed by atoms with E-state index >= 15 is 0 Å². The summed E-state index contributed by atoms with van der Waals surface area (Å²) in [5.41, 5.74) is 0.337. The van der Waals surface area contributed by atoms with E-state index in [1.807, 2.05) is 13.8 Å². The SMILES string of the molecule is CCCCOC(=O)C(C)(C)Oc1ccc(C=O)cc1C. The first kappa shape index (κ1) is 16.2. The van der Waals surface area contributed by atoms with Crippen LogP contribution in [-0.4, -0.2) is 24.5 Å². The summed E-state index contributed by atoms with van der Waals surface area (Å²) in [6, 6.07) is 5.08. The number of carbonyl (C=O) groups excluding carboxylic acids is 2. The van der Waals surface area contributed by atoms with Crippen molar-refractivity contribution in [2.45, 2.75) is 46.1 Å². The molecular formula is C16H22O4. The van der Waals surface area contributed by atoms with E-state index in [2.05, 4.69) is 0 Å². The third-order valence-corrected chi connectivity index (χ3v) is 2.92. The van der Waals surface area contributed by atoms with Crippen LogP contribution in [0.25, 0.3) is 0 Å². The largest absolute Gasteiger partial charge is 0.476 e.